The van der Waals surface area contributed by atoms with E-state index in [0.717, 1.165) is 0 Å². The summed E-state index contributed by atoms with van der Waals surface area (Å²) in [5, 5.41) is 28.8. The zero-order valence-electron chi connectivity index (χ0n) is 13.0. The lowest BCUT2D eigenvalue weighted by Gasteiger charge is -2.08. The van der Waals surface area contributed by atoms with Crippen LogP contribution in [0.1, 0.15) is 12.8 Å². The van der Waals surface area contributed by atoms with Crippen molar-refractivity contribution in [3.63, 3.8) is 0 Å². The van der Waals surface area contributed by atoms with Crippen molar-refractivity contribution in [1.29, 1.82) is 0 Å². The maximum Gasteiger partial charge on any atom is 0.413 e. The molecule has 1 aromatic carbocycles. The number of unbranched alkanes of at least 4 members (excludes halogenated alkanes) is 1. The molecule has 12 nitrogen and oxygen atoms in total. The summed E-state index contributed by atoms with van der Waals surface area (Å²) in [5.74, 6) is -0.606. The Morgan fingerprint density at radius 3 is 2.40 bits per heavy atom. The molecule has 25 heavy (non-hydrogen) atoms. The first-order chi connectivity index (χ1) is 11.9. The van der Waals surface area contributed by atoms with Crippen LogP contribution in [-0.4, -0.2) is 52.5 Å². The summed E-state index contributed by atoms with van der Waals surface area (Å²) in [7, 11) is 0. The molecule has 0 atom stereocenters. The van der Waals surface area contributed by atoms with Crippen LogP contribution in [0.15, 0.2) is 24.3 Å². The maximum atomic E-state index is 11.5. The van der Waals surface area contributed by atoms with E-state index in [-0.39, 0.29) is 24.7 Å². The first kappa shape index (κ1) is 20.2. The summed E-state index contributed by atoms with van der Waals surface area (Å²) >= 11 is 0. The molecule has 0 spiro atoms. The molecular formula is C13H17N3O9. The monoisotopic (exact) mass is 359 g/mol. The molecule has 1 aromatic rings. The van der Waals surface area contributed by atoms with Gasteiger partial charge in [0, 0.05) is 12.1 Å². The van der Waals surface area contributed by atoms with E-state index in [1.807, 2.05) is 0 Å². The maximum absolute atomic E-state index is 11.5. The predicted octanol–water partition coefficient (Wildman–Crippen LogP) is 1.02. The third-order valence-electron chi connectivity index (χ3n) is 2.64. The van der Waals surface area contributed by atoms with Crippen molar-refractivity contribution >= 4 is 17.7 Å². The SMILES string of the molecule is O=C(CNC(=O)Oc1ccc([N+](=O)[O-])cc1)OCCCCON(O)O. The molecule has 0 bridgehead atoms. The van der Waals surface area contributed by atoms with Gasteiger partial charge >= 0.3 is 12.1 Å². The number of nitrogens with one attached hydrogen (secondary N) is 1. The summed E-state index contributed by atoms with van der Waals surface area (Å²) in [6.07, 6.45) is -0.0713. The van der Waals surface area contributed by atoms with E-state index in [0.29, 0.717) is 12.8 Å². The Morgan fingerprint density at radius 1 is 1.16 bits per heavy atom. The number of esters is 1. The quantitative estimate of drug-likeness (QED) is 0.238. The normalized spacial score (nSPS) is 10.4. The number of nitrogens with zero attached hydrogens (tertiary/aromatic N) is 2. The number of nitro groups is 1. The van der Waals surface area contributed by atoms with Crippen molar-refractivity contribution in [2.45, 2.75) is 12.8 Å². The number of amides is 1. The van der Waals surface area contributed by atoms with Crippen LogP contribution in [0.3, 0.4) is 0 Å². The average molecular weight is 359 g/mol. The van der Waals surface area contributed by atoms with Gasteiger partial charge < -0.3 is 14.8 Å². The summed E-state index contributed by atoms with van der Waals surface area (Å²) in [4.78, 5) is 37.0. The molecule has 0 aliphatic carbocycles. The van der Waals surface area contributed by atoms with E-state index in [1.54, 1.807) is 0 Å². The fourth-order valence-electron chi connectivity index (χ4n) is 1.51. The number of carbonyl (C=O) groups excluding carboxylic acids is 2. The average Bonchev–Trinajstić information content (AvgIpc) is 2.56. The molecule has 1 rings (SSSR count). The van der Waals surface area contributed by atoms with Gasteiger partial charge in [-0.2, -0.15) is 0 Å². The van der Waals surface area contributed by atoms with E-state index in [9.17, 15) is 19.7 Å². The molecule has 0 radical (unpaired) electrons. The largest absolute Gasteiger partial charge is 0.464 e. The van der Waals surface area contributed by atoms with Crippen molar-refractivity contribution < 1.29 is 39.2 Å². The second-order valence-corrected chi connectivity index (χ2v) is 4.51. The number of benzene rings is 1. The molecule has 0 aliphatic heterocycles. The van der Waals surface area contributed by atoms with E-state index in [1.165, 1.54) is 24.3 Å². The molecule has 0 unspecified atom stereocenters. The minimum Gasteiger partial charge on any atom is -0.464 e. The van der Waals surface area contributed by atoms with Crippen LogP contribution in [0, 0.1) is 10.1 Å². The molecule has 0 aliphatic rings. The molecule has 12 heteroatoms. The van der Waals surface area contributed by atoms with Gasteiger partial charge in [-0.3, -0.25) is 30.2 Å². The smallest absolute Gasteiger partial charge is 0.413 e. The zero-order chi connectivity index (χ0) is 18.7. The molecule has 0 saturated heterocycles. The fraction of sp³-hybridized carbons (Fsp3) is 0.385. The van der Waals surface area contributed by atoms with Gasteiger partial charge in [-0.1, -0.05) is 0 Å². The van der Waals surface area contributed by atoms with Crippen LogP contribution in [0.4, 0.5) is 10.5 Å². The Labute approximate surface area is 141 Å². The highest BCUT2D eigenvalue weighted by Gasteiger charge is 2.10. The molecular weight excluding hydrogens is 342 g/mol. The van der Waals surface area contributed by atoms with Crippen LogP contribution < -0.4 is 10.1 Å². The topological polar surface area (TPSA) is 161 Å². The van der Waals surface area contributed by atoms with Gasteiger partial charge in [-0.05, 0) is 25.0 Å². The summed E-state index contributed by atoms with van der Waals surface area (Å²) < 4.78 is 9.64. The summed E-state index contributed by atoms with van der Waals surface area (Å²) in [6, 6.07) is 4.84. The van der Waals surface area contributed by atoms with Gasteiger partial charge in [0.2, 0.25) is 0 Å². The molecule has 0 saturated carbocycles. The number of carbonyl (C=O) groups is 2. The van der Waals surface area contributed by atoms with E-state index in [4.69, 9.17) is 19.9 Å². The molecule has 3 N–H and O–H groups in total. The minimum atomic E-state index is -0.912. The number of non-ortho nitro benzene ring substituents is 1. The Balaban J connectivity index is 2.16. The fourth-order valence-corrected chi connectivity index (χ4v) is 1.51. The van der Waals surface area contributed by atoms with Gasteiger partial charge in [0.25, 0.3) is 5.69 Å². The molecule has 0 heterocycles. The van der Waals surface area contributed by atoms with Crippen molar-refractivity contribution in [2.75, 3.05) is 19.8 Å². The lowest BCUT2D eigenvalue weighted by atomic mass is 10.3. The van der Waals surface area contributed by atoms with E-state index in [2.05, 4.69) is 10.2 Å². The Hall–Kier alpha value is -2.80. The third kappa shape index (κ3) is 9.17. The van der Waals surface area contributed by atoms with Crippen molar-refractivity contribution in [1.82, 2.24) is 10.7 Å². The zero-order valence-corrected chi connectivity index (χ0v) is 13.0. The first-order valence-electron chi connectivity index (χ1n) is 7.05. The lowest BCUT2D eigenvalue weighted by Crippen LogP contribution is -2.33. The minimum absolute atomic E-state index is 0.0321. The highest BCUT2D eigenvalue weighted by Crippen LogP contribution is 2.17. The number of rotatable bonds is 10. The van der Waals surface area contributed by atoms with Crippen LogP contribution in [0.2, 0.25) is 0 Å². The van der Waals surface area contributed by atoms with Gasteiger partial charge in [-0.15, -0.1) is 0 Å². The number of hydrogen-bond acceptors (Lipinski definition) is 10. The Kier molecular flexibility index (Phi) is 8.81. The second kappa shape index (κ2) is 10.9. The standard InChI is InChI=1S/C13H17N3O9/c17-12(23-7-1-2-8-24-16(21)22)9-14-13(18)25-11-5-3-10(4-6-11)15(19)20/h3-6,21-22H,1-2,7-9H2,(H,14,18). The van der Waals surface area contributed by atoms with E-state index >= 15 is 0 Å². The van der Waals surface area contributed by atoms with Crippen LogP contribution in [-0.2, 0) is 14.4 Å². The summed E-state index contributed by atoms with van der Waals surface area (Å²) in [6.45, 7) is -0.314. The predicted molar refractivity (Wildman–Crippen MR) is 78.7 cm³/mol. The van der Waals surface area contributed by atoms with Crippen LogP contribution in [0.5, 0.6) is 5.75 Å². The van der Waals surface area contributed by atoms with Crippen LogP contribution in [0.25, 0.3) is 0 Å². The lowest BCUT2D eigenvalue weighted by molar-refractivity contribution is -0.492. The van der Waals surface area contributed by atoms with Gasteiger partial charge in [0.1, 0.15) is 12.3 Å². The highest BCUT2D eigenvalue weighted by atomic mass is 17.1. The number of hydrogen-bond donors (Lipinski definition) is 3. The van der Waals surface area contributed by atoms with Gasteiger partial charge in [0.15, 0.2) is 0 Å². The van der Waals surface area contributed by atoms with Crippen LogP contribution >= 0.6 is 0 Å². The van der Waals surface area contributed by atoms with Gasteiger partial charge in [0.05, 0.1) is 23.5 Å². The highest BCUT2D eigenvalue weighted by molar-refractivity contribution is 5.78. The number of nitro benzene ring substituents is 1. The Morgan fingerprint density at radius 2 is 1.80 bits per heavy atom. The number of ether oxygens (including phenoxy) is 2. The third-order valence-corrected chi connectivity index (χ3v) is 2.64. The molecule has 138 valence electrons. The first-order valence-corrected chi connectivity index (χ1v) is 7.05. The van der Waals surface area contributed by atoms with Crippen molar-refractivity contribution in [2.24, 2.45) is 0 Å². The molecule has 0 aromatic heterocycles. The van der Waals surface area contributed by atoms with Crippen molar-refractivity contribution in [3.05, 3.63) is 34.4 Å². The summed E-state index contributed by atoms with van der Waals surface area (Å²) in [5.41, 5.74) is -0.146. The Bertz CT molecular complexity index is 577. The molecule has 0 fully saturated rings. The van der Waals surface area contributed by atoms with Crippen molar-refractivity contribution in [3.8, 4) is 5.75 Å². The second-order valence-electron chi connectivity index (χ2n) is 4.51. The van der Waals surface area contributed by atoms with Gasteiger partial charge in [-0.25, -0.2) is 4.79 Å². The molecule has 1 amide bonds. The van der Waals surface area contributed by atoms with E-state index < -0.39 is 28.9 Å².